The van der Waals surface area contributed by atoms with E-state index in [1.54, 1.807) is 11.2 Å². The molecule has 0 aromatic carbocycles. The standard InChI is InChI=1S/C18H24N4O2S/c1-3-24-18(23)22-8-6-21(7-9-22)16-15-13-5-4-12(2)10-14(13)25-17(15)20-11-19-16/h11-12H,3-10H2,1-2H3. The predicted octanol–water partition coefficient (Wildman–Crippen LogP) is 3.09. The zero-order chi connectivity index (χ0) is 17.4. The van der Waals surface area contributed by atoms with E-state index < -0.39 is 0 Å². The lowest BCUT2D eigenvalue weighted by Crippen LogP contribution is -2.49. The quantitative estimate of drug-likeness (QED) is 0.824. The maximum absolute atomic E-state index is 11.9. The van der Waals surface area contributed by atoms with E-state index in [1.165, 1.54) is 22.2 Å². The number of anilines is 1. The second kappa shape index (κ2) is 6.78. The molecule has 1 atom stereocenters. The van der Waals surface area contributed by atoms with Crippen molar-refractivity contribution in [1.29, 1.82) is 0 Å². The predicted molar refractivity (Wildman–Crippen MR) is 99.4 cm³/mol. The summed E-state index contributed by atoms with van der Waals surface area (Å²) in [5.74, 6) is 1.80. The fraction of sp³-hybridized carbons (Fsp3) is 0.611. The highest BCUT2D eigenvalue weighted by Crippen LogP contribution is 2.40. The molecule has 1 aliphatic heterocycles. The normalized spacial score (nSPS) is 20.6. The smallest absolute Gasteiger partial charge is 0.409 e. The molecule has 4 rings (SSSR count). The number of thiophene rings is 1. The van der Waals surface area contributed by atoms with Gasteiger partial charge in [0.25, 0.3) is 0 Å². The molecule has 3 heterocycles. The molecule has 1 saturated heterocycles. The maximum atomic E-state index is 11.9. The summed E-state index contributed by atoms with van der Waals surface area (Å²) in [6.07, 6.45) is 4.99. The highest BCUT2D eigenvalue weighted by atomic mass is 32.1. The average Bonchev–Trinajstić information content (AvgIpc) is 2.99. The molecule has 0 bridgehead atoms. The number of piperazine rings is 1. The Morgan fingerprint density at radius 1 is 1.32 bits per heavy atom. The summed E-state index contributed by atoms with van der Waals surface area (Å²) in [7, 11) is 0. The van der Waals surface area contributed by atoms with Gasteiger partial charge >= 0.3 is 6.09 Å². The van der Waals surface area contributed by atoms with Crippen LogP contribution in [0.4, 0.5) is 10.6 Å². The number of carbonyl (C=O) groups excluding carboxylic acids is 1. The fourth-order valence-corrected chi connectivity index (χ4v) is 5.16. The monoisotopic (exact) mass is 360 g/mol. The molecule has 1 unspecified atom stereocenters. The summed E-state index contributed by atoms with van der Waals surface area (Å²) in [6.45, 7) is 7.51. The minimum atomic E-state index is -0.211. The van der Waals surface area contributed by atoms with Crippen LogP contribution < -0.4 is 4.90 Å². The number of hydrogen-bond acceptors (Lipinski definition) is 6. The number of aryl methyl sites for hydroxylation is 1. The van der Waals surface area contributed by atoms with E-state index >= 15 is 0 Å². The van der Waals surface area contributed by atoms with Crippen LogP contribution in [0.15, 0.2) is 6.33 Å². The minimum absolute atomic E-state index is 0.211. The summed E-state index contributed by atoms with van der Waals surface area (Å²) in [6, 6.07) is 0. The summed E-state index contributed by atoms with van der Waals surface area (Å²) in [5, 5.41) is 1.25. The van der Waals surface area contributed by atoms with Gasteiger partial charge in [-0.25, -0.2) is 14.8 Å². The van der Waals surface area contributed by atoms with E-state index in [0.29, 0.717) is 19.7 Å². The first kappa shape index (κ1) is 16.6. The van der Waals surface area contributed by atoms with Crippen molar-refractivity contribution in [3.05, 3.63) is 16.8 Å². The van der Waals surface area contributed by atoms with E-state index in [-0.39, 0.29) is 6.09 Å². The molecule has 6 nitrogen and oxygen atoms in total. The van der Waals surface area contributed by atoms with E-state index in [9.17, 15) is 4.79 Å². The summed E-state index contributed by atoms with van der Waals surface area (Å²) in [5.41, 5.74) is 1.46. The van der Waals surface area contributed by atoms with Crippen LogP contribution >= 0.6 is 11.3 Å². The van der Waals surface area contributed by atoms with Crippen LogP contribution in [0.1, 0.15) is 30.7 Å². The number of carbonyl (C=O) groups is 1. The van der Waals surface area contributed by atoms with Crippen molar-refractivity contribution in [2.75, 3.05) is 37.7 Å². The molecule has 2 aromatic rings. The zero-order valence-corrected chi connectivity index (χ0v) is 15.6. The third kappa shape index (κ3) is 3.05. The van der Waals surface area contributed by atoms with Crippen molar-refractivity contribution >= 4 is 33.5 Å². The minimum Gasteiger partial charge on any atom is -0.450 e. The molecule has 0 saturated carbocycles. The van der Waals surface area contributed by atoms with Crippen molar-refractivity contribution in [3.8, 4) is 0 Å². The van der Waals surface area contributed by atoms with Crippen LogP contribution in [0.25, 0.3) is 10.2 Å². The second-order valence-corrected chi connectivity index (χ2v) is 7.99. The van der Waals surface area contributed by atoms with Gasteiger partial charge in [-0.15, -0.1) is 11.3 Å². The van der Waals surface area contributed by atoms with E-state index in [0.717, 1.165) is 42.5 Å². The van der Waals surface area contributed by atoms with Crippen LogP contribution in [0, 0.1) is 5.92 Å². The number of hydrogen-bond donors (Lipinski definition) is 0. The first-order valence-corrected chi connectivity index (χ1v) is 9.91. The molecule has 25 heavy (non-hydrogen) atoms. The SMILES string of the molecule is CCOC(=O)N1CCN(c2ncnc3sc4c(c23)CCC(C)C4)CC1. The number of amides is 1. The van der Waals surface area contributed by atoms with Gasteiger partial charge in [-0.2, -0.15) is 0 Å². The van der Waals surface area contributed by atoms with Crippen LogP contribution in [-0.4, -0.2) is 53.7 Å². The van der Waals surface area contributed by atoms with Gasteiger partial charge in [0.05, 0.1) is 12.0 Å². The molecule has 0 radical (unpaired) electrons. The van der Waals surface area contributed by atoms with Gasteiger partial charge in [0.2, 0.25) is 0 Å². The lowest BCUT2D eigenvalue weighted by Gasteiger charge is -2.35. The van der Waals surface area contributed by atoms with Crippen LogP contribution in [0.5, 0.6) is 0 Å². The van der Waals surface area contributed by atoms with Crippen LogP contribution in [-0.2, 0) is 17.6 Å². The molecule has 1 fully saturated rings. The molecular weight excluding hydrogens is 336 g/mol. The van der Waals surface area contributed by atoms with Gasteiger partial charge in [-0.05, 0) is 37.7 Å². The van der Waals surface area contributed by atoms with E-state index in [4.69, 9.17) is 4.74 Å². The Labute approximate surface area is 151 Å². The first-order valence-electron chi connectivity index (χ1n) is 9.09. The van der Waals surface area contributed by atoms with Gasteiger partial charge in [0, 0.05) is 31.1 Å². The molecule has 7 heteroatoms. The average molecular weight is 360 g/mol. The van der Waals surface area contributed by atoms with Crippen LogP contribution in [0.3, 0.4) is 0 Å². The molecule has 1 aliphatic carbocycles. The first-order chi connectivity index (χ1) is 12.2. The molecule has 1 amide bonds. The van der Waals surface area contributed by atoms with Crippen molar-refractivity contribution < 1.29 is 9.53 Å². The molecule has 0 N–H and O–H groups in total. The largest absolute Gasteiger partial charge is 0.450 e. The van der Waals surface area contributed by atoms with E-state index in [1.807, 2.05) is 18.3 Å². The third-order valence-electron chi connectivity index (χ3n) is 5.18. The van der Waals surface area contributed by atoms with Gasteiger partial charge < -0.3 is 14.5 Å². The zero-order valence-electron chi connectivity index (χ0n) is 14.8. The van der Waals surface area contributed by atoms with Crippen molar-refractivity contribution in [1.82, 2.24) is 14.9 Å². The Morgan fingerprint density at radius 3 is 2.88 bits per heavy atom. The van der Waals surface area contributed by atoms with Crippen molar-refractivity contribution in [3.63, 3.8) is 0 Å². The molecular formula is C18H24N4O2S. The van der Waals surface area contributed by atoms with Gasteiger partial charge in [0.15, 0.2) is 0 Å². The lowest BCUT2D eigenvalue weighted by atomic mass is 9.89. The van der Waals surface area contributed by atoms with Gasteiger partial charge in [0.1, 0.15) is 17.0 Å². The Morgan fingerprint density at radius 2 is 2.12 bits per heavy atom. The molecule has 134 valence electrons. The number of nitrogens with zero attached hydrogens (tertiary/aromatic N) is 4. The maximum Gasteiger partial charge on any atom is 0.409 e. The van der Waals surface area contributed by atoms with Crippen molar-refractivity contribution in [2.24, 2.45) is 5.92 Å². The molecule has 2 aromatic heterocycles. The van der Waals surface area contributed by atoms with Crippen molar-refractivity contribution in [2.45, 2.75) is 33.1 Å². The Kier molecular flexibility index (Phi) is 4.50. The Hall–Kier alpha value is -1.89. The second-order valence-electron chi connectivity index (χ2n) is 6.90. The third-order valence-corrected chi connectivity index (χ3v) is 6.34. The lowest BCUT2D eigenvalue weighted by molar-refractivity contribution is 0.105. The van der Waals surface area contributed by atoms with Crippen LogP contribution in [0.2, 0.25) is 0 Å². The fourth-order valence-electron chi connectivity index (χ4n) is 3.81. The topological polar surface area (TPSA) is 58.6 Å². The highest BCUT2D eigenvalue weighted by molar-refractivity contribution is 7.19. The number of ether oxygens (including phenoxy) is 1. The number of fused-ring (bicyclic) bond motifs is 3. The molecule has 0 spiro atoms. The summed E-state index contributed by atoms with van der Waals surface area (Å²) >= 11 is 1.83. The van der Waals surface area contributed by atoms with Gasteiger partial charge in [-0.3, -0.25) is 0 Å². The van der Waals surface area contributed by atoms with E-state index in [2.05, 4.69) is 21.8 Å². The van der Waals surface area contributed by atoms with Gasteiger partial charge in [-0.1, -0.05) is 6.92 Å². The Bertz CT molecular complexity index is 783. The Balaban J connectivity index is 1.59. The number of rotatable bonds is 2. The summed E-state index contributed by atoms with van der Waals surface area (Å²) in [4.78, 5) is 27.7. The number of aromatic nitrogens is 2. The molecule has 2 aliphatic rings. The highest BCUT2D eigenvalue weighted by Gasteiger charge is 2.27. The summed E-state index contributed by atoms with van der Waals surface area (Å²) < 4.78 is 5.11.